The highest BCUT2D eigenvalue weighted by atomic mass is 32.2. The van der Waals surface area contributed by atoms with Gasteiger partial charge >= 0.3 is 0 Å². The summed E-state index contributed by atoms with van der Waals surface area (Å²) in [5.41, 5.74) is -0.120. The molecule has 0 fully saturated rings. The topological polar surface area (TPSA) is 83.6 Å². The van der Waals surface area contributed by atoms with Crippen LogP contribution in [0.1, 0.15) is 41.5 Å². The number of carbonyl (C=O) groups is 2. The van der Waals surface area contributed by atoms with Crippen LogP contribution in [0.2, 0.25) is 0 Å². The SMILES string of the molecule is CC(C)(C)NS(=O)(=O)c1ccccc1N1C(=O)c2ccccc2C1=O. The van der Waals surface area contributed by atoms with Crippen LogP contribution in [0.15, 0.2) is 53.4 Å². The third-order valence-electron chi connectivity index (χ3n) is 3.63. The van der Waals surface area contributed by atoms with E-state index >= 15 is 0 Å². The number of carbonyl (C=O) groups excluding carboxylic acids is 2. The van der Waals surface area contributed by atoms with Crippen LogP contribution in [0.4, 0.5) is 5.69 Å². The molecule has 0 spiro atoms. The van der Waals surface area contributed by atoms with Gasteiger partial charge in [-0.1, -0.05) is 24.3 Å². The zero-order chi connectivity index (χ0) is 18.4. The lowest BCUT2D eigenvalue weighted by Crippen LogP contribution is -2.41. The molecule has 1 aliphatic rings. The standard InChI is InChI=1S/C18H18N2O4S/c1-18(2,3)19-25(23,24)15-11-7-6-10-14(15)20-16(21)12-8-4-5-9-13(12)17(20)22/h4-11,19H,1-3H3. The first-order valence-electron chi connectivity index (χ1n) is 7.73. The molecule has 2 aromatic carbocycles. The molecule has 0 radical (unpaired) electrons. The largest absolute Gasteiger partial charge is 0.268 e. The van der Waals surface area contributed by atoms with E-state index in [1.165, 1.54) is 12.1 Å². The molecule has 0 unspecified atom stereocenters. The second-order valence-electron chi connectivity index (χ2n) is 6.81. The van der Waals surface area contributed by atoms with Crippen molar-refractivity contribution in [1.29, 1.82) is 0 Å². The molecule has 25 heavy (non-hydrogen) atoms. The summed E-state index contributed by atoms with van der Waals surface area (Å²) < 4.78 is 28.1. The molecule has 0 bridgehead atoms. The van der Waals surface area contributed by atoms with Gasteiger partial charge in [0.15, 0.2) is 0 Å². The monoisotopic (exact) mass is 358 g/mol. The van der Waals surface area contributed by atoms with Crippen LogP contribution in [0.5, 0.6) is 0 Å². The number of rotatable bonds is 3. The van der Waals surface area contributed by atoms with Gasteiger partial charge in [0.25, 0.3) is 11.8 Å². The fourth-order valence-electron chi connectivity index (χ4n) is 2.74. The molecule has 2 amide bonds. The molecule has 130 valence electrons. The van der Waals surface area contributed by atoms with Crippen molar-refractivity contribution >= 4 is 27.5 Å². The van der Waals surface area contributed by atoms with E-state index in [0.29, 0.717) is 0 Å². The number of nitrogens with one attached hydrogen (secondary N) is 1. The number of nitrogens with zero attached hydrogens (tertiary/aromatic N) is 1. The maximum atomic E-state index is 12.8. The number of para-hydroxylation sites is 1. The number of hydrogen-bond donors (Lipinski definition) is 1. The van der Waals surface area contributed by atoms with Crippen molar-refractivity contribution < 1.29 is 18.0 Å². The normalized spacial score (nSPS) is 14.8. The third kappa shape index (κ3) is 3.08. The van der Waals surface area contributed by atoms with E-state index in [4.69, 9.17) is 0 Å². The van der Waals surface area contributed by atoms with Gasteiger partial charge < -0.3 is 0 Å². The Morgan fingerprint density at radius 1 is 0.840 bits per heavy atom. The minimum absolute atomic E-state index is 0.0467. The van der Waals surface area contributed by atoms with Crippen LogP contribution in [-0.4, -0.2) is 25.8 Å². The van der Waals surface area contributed by atoms with Gasteiger partial charge in [-0.3, -0.25) is 9.59 Å². The van der Waals surface area contributed by atoms with Gasteiger partial charge in [0.2, 0.25) is 10.0 Å². The molecule has 2 aromatic rings. The molecular weight excluding hydrogens is 340 g/mol. The Morgan fingerprint density at radius 2 is 1.32 bits per heavy atom. The summed E-state index contributed by atoms with van der Waals surface area (Å²) in [7, 11) is -3.92. The van der Waals surface area contributed by atoms with E-state index in [0.717, 1.165) is 4.90 Å². The van der Waals surface area contributed by atoms with E-state index in [2.05, 4.69) is 4.72 Å². The van der Waals surface area contributed by atoms with E-state index < -0.39 is 27.4 Å². The number of hydrogen-bond acceptors (Lipinski definition) is 4. The van der Waals surface area contributed by atoms with Crippen molar-refractivity contribution in [3.63, 3.8) is 0 Å². The minimum atomic E-state index is -3.92. The highest BCUT2D eigenvalue weighted by Gasteiger charge is 2.39. The van der Waals surface area contributed by atoms with Gasteiger partial charge in [0, 0.05) is 5.54 Å². The van der Waals surface area contributed by atoms with Crippen molar-refractivity contribution in [2.24, 2.45) is 0 Å². The lowest BCUT2D eigenvalue weighted by molar-refractivity contribution is 0.0925. The highest BCUT2D eigenvalue weighted by Crippen LogP contribution is 2.33. The van der Waals surface area contributed by atoms with Crippen LogP contribution in [0.25, 0.3) is 0 Å². The van der Waals surface area contributed by atoms with Crippen LogP contribution in [0.3, 0.4) is 0 Å². The van der Waals surface area contributed by atoms with Gasteiger partial charge in [0.05, 0.1) is 16.8 Å². The molecule has 0 aromatic heterocycles. The average Bonchev–Trinajstić information content (AvgIpc) is 2.77. The Balaban J connectivity index is 2.13. The number of anilines is 1. The smallest absolute Gasteiger partial charge is 0.266 e. The molecule has 0 atom stereocenters. The second kappa shape index (κ2) is 5.79. The number of imide groups is 1. The van der Waals surface area contributed by atoms with Crippen LogP contribution < -0.4 is 9.62 Å². The molecule has 0 saturated heterocycles. The first-order chi connectivity index (χ1) is 11.6. The number of fused-ring (bicyclic) bond motifs is 1. The highest BCUT2D eigenvalue weighted by molar-refractivity contribution is 7.89. The lowest BCUT2D eigenvalue weighted by Gasteiger charge is -2.23. The van der Waals surface area contributed by atoms with Gasteiger partial charge in [-0.15, -0.1) is 0 Å². The molecule has 0 aliphatic carbocycles. The third-order valence-corrected chi connectivity index (χ3v) is 5.44. The maximum absolute atomic E-state index is 12.8. The molecule has 0 saturated carbocycles. The fourth-order valence-corrected chi connectivity index (χ4v) is 4.34. The van der Waals surface area contributed by atoms with Crippen molar-refractivity contribution in [2.45, 2.75) is 31.2 Å². The minimum Gasteiger partial charge on any atom is -0.268 e. The summed E-state index contributed by atoms with van der Waals surface area (Å²) in [6.07, 6.45) is 0. The van der Waals surface area contributed by atoms with E-state index in [1.807, 2.05) is 0 Å². The average molecular weight is 358 g/mol. The predicted molar refractivity (Wildman–Crippen MR) is 94.1 cm³/mol. The summed E-state index contributed by atoms with van der Waals surface area (Å²) in [4.78, 5) is 26.1. The van der Waals surface area contributed by atoms with E-state index in [9.17, 15) is 18.0 Å². The molecule has 6 nitrogen and oxygen atoms in total. The molecule has 1 N–H and O–H groups in total. The summed E-state index contributed by atoms with van der Waals surface area (Å²) in [6.45, 7) is 5.15. The van der Waals surface area contributed by atoms with Crippen LogP contribution in [0, 0.1) is 0 Å². The zero-order valence-electron chi connectivity index (χ0n) is 14.1. The van der Waals surface area contributed by atoms with Crippen molar-refractivity contribution in [2.75, 3.05) is 4.90 Å². The quantitative estimate of drug-likeness (QED) is 0.855. The Bertz CT molecular complexity index is 940. The number of sulfonamides is 1. The van der Waals surface area contributed by atoms with Crippen molar-refractivity contribution in [1.82, 2.24) is 4.72 Å². The molecule has 7 heteroatoms. The summed E-state index contributed by atoms with van der Waals surface area (Å²) in [5, 5.41) is 0. The van der Waals surface area contributed by atoms with Gasteiger partial charge in [0.1, 0.15) is 4.90 Å². The summed E-state index contributed by atoms with van der Waals surface area (Å²) in [5.74, 6) is -1.06. The second-order valence-corrected chi connectivity index (χ2v) is 8.47. The Labute approximate surface area is 146 Å². The molecule has 1 heterocycles. The first kappa shape index (κ1) is 17.3. The van der Waals surface area contributed by atoms with Crippen molar-refractivity contribution in [3.8, 4) is 0 Å². The molecule has 1 aliphatic heterocycles. The summed E-state index contributed by atoms with van der Waals surface area (Å²) in [6, 6.07) is 12.4. The zero-order valence-corrected chi connectivity index (χ0v) is 14.9. The predicted octanol–water partition coefficient (Wildman–Crippen LogP) is 2.56. The van der Waals surface area contributed by atoms with E-state index in [1.54, 1.807) is 57.2 Å². The number of amides is 2. The number of benzene rings is 2. The van der Waals surface area contributed by atoms with Gasteiger partial charge in [-0.05, 0) is 45.0 Å². The van der Waals surface area contributed by atoms with Crippen molar-refractivity contribution in [3.05, 3.63) is 59.7 Å². The Kier molecular flexibility index (Phi) is 4.01. The fraction of sp³-hybridized carbons (Fsp3) is 0.222. The summed E-state index contributed by atoms with van der Waals surface area (Å²) >= 11 is 0. The van der Waals surface area contributed by atoms with Crippen LogP contribution >= 0.6 is 0 Å². The van der Waals surface area contributed by atoms with E-state index in [-0.39, 0.29) is 21.7 Å². The van der Waals surface area contributed by atoms with Crippen LogP contribution in [-0.2, 0) is 10.0 Å². The lowest BCUT2D eigenvalue weighted by atomic mass is 10.1. The Morgan fingerprint density at radius 3 is 1.84 bits per heavy atom. The maximum Gasteiger partial charge on any atom is 0.266 e. The van der Waals surface area contributed by atoms with Gasteiger partial charge in [-0.2, -0.15) is 0 Å². The first-order valence-corrected chi connectivity index (χ1v) is 9.21. The Hall–Kier alpha value is -2.51. The molecular formula is C18H18N2O4S. The molecule has 3 rings (SSSR count). The van der Waals surface area contributed by atoms with Gasteiger partial charge in [-0.25, -0.2) is 18.0 Å².